The number of benzene rings is 2. The van der Waals surface area contributed by atoms with Crippen LogP contribution in [0.25, 0.3) is 22.3 Å². The van der Waals surface area contributed by atoms with Crippen LogP contribution in [0.4, 0.5) is 0 Å². The molecule has 2 aliphatic rings. The Morgan fingerprint density at radius 3 is 2.77 bits per heavy atom. The summed E-state index contributed by atoms with van der Waals surface area (Å²) >= 11 is 0. The average Bonchev–Trinajstić information content (AvgIpc) is 3.67. The molecule has 2 fully saturated rings. The Kier molecular flexibility index (Phi) is 5.87. The fourth-order valence-corrected chi connectivity index (χ4v) is 5.14. The second-order valence-electron chi connectivity index (χ2n) is 9.24. The molecular formula is C26H30N6O3. The molecule has 2 bridgehead atoms. The molecule has 0 spiro atoms. The van der Waals surface area contributed by atoms with Gasteiger partial charge in [0.1, 0.15) is 23.3 Å². The van der Waals surface area contributed by atoms with Crippen molar-refractivity contribution < 1.29 is 14.2 Å². The van der Waals surface area contributed by atoms with E-state index in [-0.39, 0.29) is 0 Å². The van der Waals surface area contributed by atoms with Gasteiger partial charge in [-0.3, -0.25) is 9.58 Å². The Balaban J connectivity index is 1.13. The molecule has 2 saturated heterocycles. The quantitative estimate of drug-likeness (QED) is 0.341. The number of hydrogen-bond donors (Lipinski definition) is 0. The van der Waals surface area contributed by atoms with Crippen LogP contribution in [-0.2, 0) is 18.3 Å². The van der Waals surface area contributed by atoms with Crippen molar-refractivity contribution in [2.24, 2.45) is 7.05 Å². The van der Waals surface area contributed by atoms with Crippen LogP contribution >= 0.6 is 0 Å². The van der Waals surface area contributed by atoms with Crippen molar-refractivity contribution in [1.82, 2.24) is 29.4 Å². The molecule has 4 aromatic rings. The number of fused-ring (bicyclic) bond motifs is 3. The van der Waals surface area contributed by atoms with Gasteiger partial charge in [-0.25, -0.2) is 0 Å². The zero-order chi connectivity index (χ0) is 23.8. The third-order valence-electron chi connectivity index (χ3n) is 6.94. The largest absolute Gasteiger partial charge is 0.494 e. The number of ether oxygens (including phenoxy) is 3. The molecule has 182 valence electrons. The Morgan fingerprint density at radius 1 is 1.14 bits per heavy atom. The van der Waals surface area contributed by atoms with Crippen molar-refractivity contribution in [2.45, 2.75) is 38.5 Å². The summed E-state index contributed by atoms with van der Waals surface area (Å²) in [6, 6.07) is 12.5. The molecule has 2 unspecified atom stereocenters. The summed E-state index contributed by atoms with van der Waals surface area (Å²) in [6.45, 7) is 6.58. The average molecular weight is 475 g/mol. The van der Waals surface area contributed by atoms with Gasteiger partial charge in [0.25, 0.3) is 0 Å². The number of nitrogens with zero attached hydrogens (tertiary/aromatic N) is 6. The SMILES string of the molecule is CCn1cnnc1-c1cc(Oc2ccc(OCCCN3CC4CC3CO4)cc2)c2c(cnn2C)c1. The number of hydrogen-bond acceptors (Lipinski definition) is 7. The van der Waals surface area contributed by atoms with Crippen LogP contribution in [0.2, 0.25) is 0 Å². The normalized spacial score (nSPS) is 19.6. The maximum atomic E-state index is 6.33. The van der Waals surface area contributed by atoms with E-state index < -0.39 is 0 Å². The molecule has 9 heteroatoms. The number of morpholine rings is 1. The monoisotopic (exact) mass is 474 g/mol. The molecule has 0 saturated carbocycles. The van der Waals surface area contributed by atoms with E-state index in [2.05, 4.69) is 33.2 Å². The predicted octanol–water partition coefficient (Wildman–Crippen LogP) is 3.89. The molecule has 2 aromatic heterocycles. The van der Waals surface area contributed by atoms with E-state index in [1.807, 2.05) is 52.8 Å². The van der Waals surface area contributed by atoms with E-state index >= 15 is 0 Å². The Morgan fingerprint density at radius 2 is 2.00 bits per heavy atom. The van der Waals surface area contributed by atoms with Crippen LogP contribution in [0.1, 0.15) is 19.8 Å². The van der Waals surface area contributed by atoms with Crippen molar-refractivity contribution in [3.63, 3.8) is 0 Å². The van der Waals surface area contributed by atoms with Crippen molar-refractivity contribution >= 4 is 10.9 Å². The van der Waals surface area contributed by atoms with E-state index in [0.29, 0.717) is 18.8 Å². The summed E-state index contributed by atoms with van der Waals surface area (Å²) in [5.74, 6) is 3.11. The second kappa shape index (κ2) is 9.31. The molecule has 9 nitrogen and oxygen atoms in total. The zero-order valence-corrected chi connectivity index (χ0v) is 20.1. The van der Waals surface area contributed by atoms with Crippen LogP contribution < -0.4 is 9.47 Å². The van der Waals surface area contributed by atoms with Crippen molar-refractivity contribution in [2.75, 3.05) is 26.3 Å². The van der Waals surface area contributed by atoms with Gasteiger partial charge in [0.2, 0.25) is 0 Å². The predicted molar refractivity (Wildman–Crippen MR) is 132 cm³/mol. The van der Waals surface area contributed by atoms with Gasteiger partial charge in [0.15, 0.2) is 11.6 Å². The first-order chi connectivity index (χ1) is 17.2. The summed E-state index contributed by atoms with van der Waals surface area (Å²) in [4.78, 5) is 2.53. The van der Waals surface area contributed by atoms with E-state index in [9.17, 15) is 0 Å². The minimum atomic E-state index is 0.451. The molecule has 35 heavy (non-hydrogen) atoms. The van der Waals surface area contributed by atoms with Gasteiger partial charge in [-0.1, -0.05) is 0 Å². The molecule has 2 aromatic carbocycles. The van der Waals surface area contributed by atoms with E-state index in [4.69, 9.17) is 14.2 Å². The Bertz CT molecular complexity index is 1310. The highest BCUT2D eigenvalue weighted by molar-refractivity contribution is 5.89. The zero-order valence-electron chi connectivity index (χ0n) is 20.1. The van der Waals surface area contributed by atoms with Gasteiger partial charge in [-0.15, -0.1) is 10.2 Å². The molecule has 2 aliphatic heterocycles. The van der Waals surface area contributed by atoms with E-state index in [0.717, 1.165) is 72.2 Å². The van der Waals surface area contributed by atoms with Crippen LogP contribution in [-0.4, -0.2) is 67.9 Å². The van der Waals surface area contributed by atoms with E-state index in [1.165, 1.54) is 6.42 Å². The molecule has 0 radical (unpaired) electrons. The second-order valence-corrected chi connectivity index (χ2v) is 9.24. The third kappa shape index (κ3) is 4.37. The first-order valence-electron chi connectivity index (χ1n) is 12.3. The first kappa shape index (κ1) is 22.1. The fraction of sp³-hybridized carbons (Fsp3) is 0.423. The van der Waals surface area contributed by atoms with Gasteiger partial charge in [-0.2, -0.15) is 5.10 Å². The molecule has 6 rings (SSSR count). The summed E-state index contributed by atoms with van der Waals surface area (Å²) in [6.07, 6.45) is 6.23. The minimum absolute atomic E-state index is 0.451. The van der Waals surface area contributed by atoms with E-state index in [1.54, 1.807) is 6.33 Å². The lowest BCUT2D eigenvalue weighted by Gasteiger charge is -2.26. The summed E-state index contributed by atoms with van der Waals surface area (Å²) < 4.78 is 21.8. The van der Waals surface area contributed by atoms with Crippen LogP contribution in [0.15, 0.2) is 48.9 Å². The van der Waals surface area contributed by atoms with Gasteiger partial charge >= 0.3 is 0 Å². The summed E-state index contributed by atoms with van der Waals surface area (Å²) in [7, 11) is 1.92. The van der Waals surface area contributed by atoms with Gasteiger partial charge < -0.3 is 18.8 Å². The lowest BCUT2D eigenvalue weighted by atomic mass is 10.1. The van der Waals surface area contributed by atoms with Crippen LogP contribution in [0.5, 0.6) is 17.2 Å². The minimum Gasteiger partial charge on any atom is -0.494 e. The van der Waals surface area contributed by atoms with Crippen molar-refractivity contribution in [3.05, 3.63) is 48.9 Å². The lowest BCUT2D eigenvalue weighted by Crippen LogP contribution is -2.37. The standard InChI is InChI=1S/C26H30N6O3/c1-3-31-17-27-29-26(31)18-11-19-14-28-30(2)25(19)24(12-18)35-22-7-5-21(6-8-22)33-10-4-9-32-15-23-13-20(32)16-34-23/h5-8,11-12,14,17,20,23H,3-4,9-10,13,15-16H2,1-2H3. The summed E-state index contributed by atoms with van der Waals surface area (Å²) in [5.41, 5.74) is 1.87. The molecule has 2 atom stereocenters. The molecular weight excluding hydrogens is 444 g/mol. The number of aromatic nitrogens is 5. The topological polar surface area (TPSA) is 79.5 Å². The highest BCUT2D eigenvalue weighted by Gasteiger charge is 2.38. The van der Waals surface area contributed by atoms with Crippen molar-refractivity contribution in [3.8, 4) is 28.6 Å². The first-order valence-corrected chi connectivity index (χ1v) is 12.3. The highest BCUT2D eigenvalue weighted by atomic mass is 16.5. The number of likely N-dealkylation sites (tertiary alicyclic amines) is 1. The van der Waals surface area contributed by atoms with Crippen LogP contribution in [0.3, 0.4) is 0 Å². The van der Waals surface area contributed by atoms with Crippen molar-refractivity contribution in [1.29, 1.82) is 0 Å². The van der Waals surface area contributed by atoms with Crippen LogP contribution in [0, 0.1) is 0 Å². The van der Waals surface area contributed by atoms with Gasteiger partial charge in [0.05, 0.1) is 25.5 Å². The fourth-order valence-electron chi connectivity index (χ4n) is 5.14. The number of aryl methyl sites for hydroxylation is 2. The number of rotatable bonds is 9. The molecule has 0 amide bonds. The maximum Gasteiger partial charge on any atom is 0.163 e. The third-order valence-corrected chi connectivity index (χ3v) is 6.94. The maximum absolute atomic E-state index is 6.33. The molecule has 0 aliphatic carbocycles. The Labute approximate surface area is 204 Å². The highest BCUT2D eigenvalue weighted by Crippen LogP contribution is 2.35. The Hall–Kier alpha value is -3.43. The summed E-state index contributed by atoms with van der Waals surface area (Å²) in [5, 5.41) is 13.8. The van der Waals surface area contributed by atoms with Gasteiger partial charge in [-0.05, 0) is 56.2 Å². The molecule has 4 heterocycles. The van der Waals surface area contributed by atoms with Gasteiger partial charge in [0, 0.05) is 43.7 Å². The molecule has 0 N–H and O–H groups in total. The lowest BCUT2D eigenvalue weighted by molar-refractivity contribution is 0.0288. The smallest absolute Gasteiger partial charge is 0.163 e.